The number of para-hydroxylation sites is 2. The van der Waals surface area contributed by atoms with Crippen molar-refractivity contribution < 1.29 is 14.2 Å². The molecule has 0 radical (unpaired) electrons. The first-order valence-electron chi connectivity index (χ1n) is 10.3. The highest BCUT2D eigenvalue weighted by atomic mass is 79.9. The van der Waals surface area contributed by atoms with Gasteiger partial charge in [0.2, 0.25) is 0 Å². The van der Waals surface area contributed by atoms with Gasteiger partial charge in [0.05, 0.1) is 11.7 Å². The third-order valence-electron chi connectivity index (χ3n) is 5.70. The van der Waals surface area contributed by atoms with Crippen LogP contribution >= 0.6 is 15.9 Å². The first kappa shape index (κ1) is 20.5. The Balaban J connectivity index is 1.31. The Bertz CT molecular complexity index is 832. The summed E-state index contributed by atoms with van der Waals surface area (Å²) in [6.07, 6.45) is 2.02. The number of halogens is 1. The highest BCUT2D eigenvalue weighted by Crippen LogP contribution is 2.31. The summed E-state index contributed by atoms with van der Waals surface area (Å²) in [6.45, 7) is 5.89. The van der Waals surface area contributed by atoms with E-state index in [1.165, 1.54) is 12.0 Å². The van der Waals surface area contributed by atoms with Gasteiger partial charge in [-0.05, 0) is 68.1 Å². The molecule has 29 heavy (non-hydrogen) atoms. The van der Waals surface area contributed by atoms with Crippen molar-refractivity contribution in [1.29, 1.82) is 0 Å². The van der Waals surface area contributed by atoms with Gasteiger partial charge in [0.1, 0.15) is 18.1 Å². The first-order valence-corrected chi connectivity index (χ1v) is 11.1. The van der Waals surface area contributed by atoms with Gasteiger partial charge in [-0.25, -0.2) is 0 Å². The molecule has 6 heteroatoms. The average molecular weight is 461 g/mol. The van der Waals surface area contributed by atoms with Gasteiger partial charge >= 0.3 is 0 Å². The standard InChI is InChI=1S/C23H29BrN2O3/c1-16(27-2)29-20-7-8-21(24)18(12-20)11-17-9-10-26(13-17)14-19-15-28-23-6-4-3-5-22(23)25-19/h3-8,12,16-17,19,25H,9-11,13-15H2,1-2H3. The molecule has 0 aromatic heterocycles. The summed E-state index contributed by atoms with van der Waals surface area (Å²) in [6, 6.07) is 14.7. The number of nitrogens with zero attached hydrogens (tertiary/aromatic N) is 1. The van der Waals surface area contributed by atoms with Crippen LogP contribution in [0.25, 0.3) is 0 Å². The molecule has 156 valence electrons. The highest BCUT2D eigenvalue weighted by molar-refractivity contribution is 9.10. The Morgan fingerprint density at radius 1 is 1.28 bits per heavy atom. The number of hydrogen-bond donors (Lipinski definition) is 1. The largest absolute Gasteiger partial charge is 0.489 e. The second kappa shape index (κ2) is 9.37. The molecule has 0 amide bonds. The zero-order valence-corrected chi connectivity index (χ0v) is 18.7. The molecule has 3 unspecified atom stereocenters. The van der Waals surface area contributed by atoms with E-state index in [0.717, 1.165) is 54.3 Å². The molecule has 2 aromatic carbocycles. The predicted molar refractivity (Wildman–Crippen MR) is 119 cm³/mol. The van der Waals surface area contributed by atoms with Gasteiger partial charge in [-0.1, -0.05) is 28.1 Å². The highest BCUT2D eigenvalue weighted by Gasteiger charge is 2.27. The zero-order valence-electron chi connectivity index (χ0n) is 17.1. The number of hydrogen-bond acceptors (Lipinski definition) is 5. The molecule has 2 aliphatic heterocycles. The quantitative estimate of drug-likeness (QED) is 0.613. The third kappa shape index (κ3) is 5.24. The number of benzene rings is 2. The molecule has 2 heterocycles. The second-order valence-corrected chi connectivity index (χ2v) is 8.80. The van der Waals surface area contributed by atoms with Crippen LogP contribution in [0.1, 0.15) is 18.9 Å². The van der Waals surface area contributed by atoms with E-state index in [9.17, 15) is 0 Å². The first-order chi connectivity index (χ1) is 14.1. The Kier molecular flexibility index (Phi) is 6.63. The van der Waals surface area contributed by atoms with Crippen LogP contribution in [-0.4, -0.2) is 50.6 Å². The van der Waals surface area contributed by atoms with Gasteiger partial charge < -0.3 is 24.4 Å². The van der Waals surface area contributed by atoms with Gasteiger partial charge in [0.25, 0.3) is 0 Å². The van der Waals surface area contributed by atoms with Crippen molar-refractivity contribution in [3.8, 4) is 11.5 Å². The molecule has 0 saturated carbocycles. The van der Waals surface area contributed by atoms with E-state index in [0.29, 0.717) is 12.0 Å². The van der Waals surface area contributed by atoms with Crippen molar-refractivity contribution in [3.05, 3.63) is 52.5 Å². The molecule has 4 rings (SSSR count). The molecule has 1 fully saturated rings. The Hall–Kier alpha value is -1.76. The minimum Gasteiger partial charge on any atom is -0.489 e. The minimum absolute atomic E-state index is 0.249. The maximum atomic E-state index is 5.92. The fourth-order valence-corrected chi connectivity index (χ4v) is 4.56. The fraction of sp³-hybridized carbons (Fsp3) is 0.478. The topological polar surface area (TPSA) is 43.0 Å². The van der Waals surface area contributed by atoms with E-state index in [2.05, 4.69) is 44.3 Å². The van der Waals surface area contributed by atoms with Crippen LogP contribution in [-0.2, 0) is 11.2 Å². The van der Waals surface area contributed by atoms with Crippen LogP contribution in [0.5, 0.6) is 11.5 Å². The SMILES string of the molecule is COC(C)Oc1ccc(Br)c(CC2CCN(CC3COc4ccccc4N3)C2)c1. The van der Waals surface area contributed by atoms with Gasteiger partial charge in [0, 0.05) is 24.7 Å². The number of fused-ring (bicyclic) bond motifs is 1. The monoisotopic (exact) mass is 460 g/mol. The average Bonchev–Trinajstić information content (AvgIpc) is 3.17. The summed E-state index contributed by atoms with van der Waals surface area (Å²) in [5.74, 6) is 2.46. The van der Waals surface area contributed by atoms with E-state index >= 15 is 0 Å². The van der Waals surface area contributed by atoms with Gasteiger partial charge in [0.15, 0.2) is 6.29 Å². The van der Waals surface area contributed by atoms with Crippen molar-refractivity contribution in [2.45, 2.75) is 32.1 Å². The summed E-state index contributed by atoms with van der Waals surface area (Å²) < 4.78 is 18.1. The summed E-state index contributed by atoms with van der Waals surface area (Å²) in [7, 11) is 1.66. The Morgan fingerprint density at radius 3 is 3.00 bits per heavy atom. The van der Waals surface area contributed by atoms with Crippen molar-refractivity contribution >= 4 is 21.6 Å². The lowest BCUT2D eigenvalue weighted by Gasteiger charge is -2.30. The number of methoxy groups -OCH3 is 1. The fourth-order valence-electron chi connectivity index (χ4n) is 4.15. The number of ether oxygens (including phenoxy) is 3. The maximum Gasteiger partial charge on any atom is 0.196 e. The number of anilines is 1. The van der Waals surface area contributed by atoms with E-state index in [1.807, 2.05) is 31.2 Å². The molecule has 0 aliphatic carbocycles. The lowest BCUT2D eigenvalue weighted by atomic mass is 9.98. The van der Waals surface area contributed by atoms with Crippen molar-refractivity contribution in [3.63, 3.8) is 0 Å². The molecule has 1 saturated heterocycles. The Labute approximate surface area is 181 Å². The normalized spacial score (nSPS) is 22.4. The Morgan fingerprint density at radius 2 is 2.14 bits per heavy atom. The van der Waals surface area contributed by atoms with Gasteiger partial charge in [-0.2, -0.15) is 0 Å². The lowest BCUT2D eigenvalue weighted by molar-refractivity contribution is -0.0383. The zero-order chi connectivity index (χ0) is 20.2. The van der Waals surface area contributed by atoms with Crippen molar-refractivity contribution in [1.82, 2.24) is 4.90 Å². The van der Waals surface area contributed by atoms with Crippen LogP contribution in [0.3, 0.4) is 0 Å². The van der Waals surface area contributed by atoms with E-state index < -0.39 is 0 Å². The van der Waals surface area contributed by atoms with Crippen LogP contribution < -0.4 is 14.8 Å². The van der Waals surface area contributed by atoms with Crippen LogP contribution in [0, 0.1) is 5.92 Å². The lowest BCUT2D eigenvalue weighted by Crippen LogP contribution is -2.41. The summed E-state index contributed by atoms with van der Waals surface area (Å²) in [4.78, 5) is 2.56. The van der Waals surface area contributed by atoms with Crippen LogP contribution in [0.2, 0.25) is 0 Å². The molecular weight excluding hydrogens is 432 g/mol. The van der Waals surface area contributed by atoms with E-state index in [4.69, 9.17) is 14.2 Å². The van der Waals surface area contributed by atoms with E-state index in [1.54, 1.807) is 7.11 Å². The predicted octanol–water partition coefficient (Wildman–Crippen LogP) is 4.56. The molecular formula is C23H29BrN2O3. The smallest absolute Gasteiger partial charge is 0.196 e. The van der Waals surface area contributed by atoms with Gasteiger partial charge in [-0.3, -0.25) is 0 Å². The molecule has 0 spiro atoms. The van der Waals surface area contributed by atoms with E-state index in [-0.39, 0.29) is 6.29 Å². The summed E-state index contributed by atoms with van der Waals surface area (Å²) >= 11 is 3.70. The van der Waals surface area contributed by atoms with Gasteiger partial charge in [-0.15, -0.1) is 0 Å². The van der Waals surface area contributed by atoms with Crippen LogP contribution in [0.15, 0.2) is 46.9 Å². The number of likely N-dealkylation sites (tertiary alicyclic amines) is 1. The molecule has 1 N–H and O–H groups in total. The number of rotatable bonds is 7. The molecule has 3 atom stereocenters. The molecule has 0 bridgehead atoms. The summed E-state index contributed by atoms with van der Waals surface area (Å²) in [5, 5.41) is 3.63. The maximum absolute atomic E-state index is 5.92. The number of nitrogens with one attached hydrogen (secondary N) is 1. The van der Waals surface area contributed by atoms with Crippen molar-refractivity contribution in [2.75, 3.05) is 38.7 Å². The van der Waals surface area contributed by atoms with Crippen LogP contribution in [0.4, 0.5) is 5.69 Å². The minimum atomic E-state index is -0.249. The second-order valence-electron chi connectivity index (χ2n) is 7.94. The molecule has 2 aromatic rings. The van der Waals surface area contributed by atoms with Crippen molar-refractivity contribution in [2.24, 2.45) is 5.92 Å². The molecule has 5 nitrogen and oxygen atoms in total. The summed E-state index contributed by atoms with van der Waals surface area (Å²) in [5.41, 5.74) is 2.40. The molecule has 2 aliphatic rings. The third-order valence-corrected chi connectivity index (χ3v) is 6.47.